The summed E-state index contributed by atoms with van der Waals surface area (Å²) in [6.45, 7) is 6.38. The third-order valence-electron chi connectivity index (χ3n) is 14.7. The predicted octanol–water partition coefficient (Wildman–Crippen LogP) is 24.1. The molecule has 0 N–H and O–H groups in total. The second kappa shape index (κ2) is 70.0. The number of hydrogen-bond donors (Lipinski definition) is 0. The first-order valence-corrected chi connectivity index (χ1v) is 34.7. The number of hydrogen-bond acceptors (Lipinski definition) is 6. The fraction of sp³-hybridized carbons (Fsp3) is 0.675. The van der Waals surface area contributed by atoms with Gasteiger partial charge in [0.25, 0.3) is 0 Å². The first-order chi connectivity index (χ1) is 41.0. The average molecular weight is 1150 g/mol. The van der Waals surface area contributed by atoms with Gasteiger partial charge in [0.2, 0.25) is 0 Å². The molecule has 0 radical (unpaired) electrons. The maximum atomic E-state index is 12.9. The molecule has 0 amide bonds. The van der Waals surface area contributed by atoms with E-state index in [-0.39, 0.29) is 31.6 Å². The van der Waals surface area contributed by atoms with Gasteiger partial charge in [0.05, 0.1) is 0 Å². The topological polar surface area (TPSA) is 78.9 Å². The van der Waals surface area contributed by atoms with Crippen LogP contribution in [0.3, 0.4) is 0 Å². The van der Waals surface area contributed by atoms with E-state index in [0.29, 0.717) is 19.3 Å². The van der Waals surface area contributed by atoms with Gasteiger partial charge < -0.3 is 14.2 Å². The molecule has 0 aliphatic carbocycles. The molecule has 0 bridgehead atoms. The van der Waals surface area contributed by atoms with Crippen molar-refractivity contribution in [3.05, 3.63) is 134 Å². The van der Waals surface area contributed by atoms with Gasteiger partial charge in [-0.1, -0.05) is 328 Å². The molecular weight excluding hydrogens is 1020 g/mol. The molecule has 0 aromatic heterocycles. The monoisotopic (exact) mass is 1150 g/mol. The Hall–Kier alpha value is -4.45. The highest BCUT2D eigenvalue weighted by Gasteiger charge is 2.19. The van der Waals surface area contributed by atoms with E-state index in [2.05, 4.69) is 148 Å². The van der Waals surface area contributed by atoms with Gasteiger partial charge in [-0.3, -0.25) is 14.4 Å². The van der Waals surface area contributed by atoms with Crippen molar-refractivity contribution in [2.24, 2.45) is 0 Å². The molecule has 0 saturated carbocycles. The number of carbonyl (C=O) groups is 3. The largest absolute Gasteiger partial charge is 0.462 e. The van der Waals surface area contributed by atoms with Crippen molar-refractivity contribution in [3.8, 4) is 0 Å². The minimum atomic E-state index is -0.824. The van der Waals surface area contributed by atoms with Crippen LogP contribution in [0.5, 0.6) is 0 Å². The molecule has 0 fully saturated rings. The van der Waals surface area contributed by atoms with Crippen LogP contribution in [0.15, 0.2) is 134 Å². The van der Waals surface area contributed by atoms with Crippen LogP contribution >= 0.6 is 0 Å². The smallest absolute Gasteiger partial charge is 0.306 e. The summed E-state index contributed by atoms with van der Waals surface area (Å²) in [5.74, 6) is -0.987. The highest BCUT2D eigenvalue weighted by Crippen LogP contribution is 2.17. The lowest BCUT2D eigenvalue weighted by Gasteiger charge is -2.18. The van der Waals surface area contributed by atoms with E-state index in [1.807, 2.05) is 6.08 Å². The lowest BCUT2D eigenvalue weighted by atomic mass is 10.0. The van der Waals surface area contributed by atoms with Crippen LogP contribution < -0.4 is 0 Å². The zero-order valence-electron chi connectivity index (χ0n) is 54.2. The summed E-state index contributed by atoms with van der Waals surface area (Å²) in [4.78, 5) is 38.4. The van der Waals surface area contributed by atoms with Gasteiger partial charge >= 0.3 is 17.9 Å². The zero-order chi connectivity index (χ0) is 59.9. The molecule has 0 aromatic rings. The van der Waals surface area contributed by atoms with Gasteiger partial charge in [-0.05, 0) is 103 Å². The SMILES string of the molecule is CC/C=C\C/C=C\C/C=C\C/C=C\C/C=C\C/C=C\CCC(=O)OC(COC(=O)CCCCCCCCCCCCC/C=C\C/C=C\C/C=C\C/C=C\C/C=C\CC)COC(=O)CCCCCCCCCCCCCCCCCCCCC. The summed E-state index contributed by atoms with van der Waals surface area (Å²) in [6, 6.07) is 0. The summed E-state index contributed by atoms with van der Waals surface area (Å²) in [5, 5.41) is 0. The van der Waals surface area contributed by atoms with Crippen molar-refractivity contribution < 1.29 is 28.6 Å². The van der Waals surface area contributed by atoms with Crippen molar-refractivity contribution >= 4 is 17.9 Å². The van der Waals surface area contributed by atoms with Crippen LogP contribution in [-0.4, -0.2) is 37.2 Å². The first kappa shape index (κ1) is 78.5. The second-order valence-electron chi connectivity index (χ2n) is 22.7. The number of esters is 3. The molecule has 472 valence electrons. The van der Waals surface area contributed by atoms with E-state index >= 15 is 0 Å². The molecule has 0 aromatic carbocycles. The quantitative estimate of drug-likeness (QED) is 0.0261. The number of unbranched alkanes of at least 4 members (excludes halogenated alkanes) is 29. The van der Waals surface area contributed by atoms with Crippen molar-refractivity contribution in [1.29, 1.82) is 0 Å². The third kappa shape index (κ3) is 68.2. The fourth-order valence-electron chi connectivity index (χ4n) is 9.56. The van der Waals surface area contributed by atoms with Crippen LogP contribution in [-0.2, 0) is 28.6 Å². The predicted molar refractivity (Wildman–Crippen MR) is 362 cm³/mol. The molecule has 0 rings (SSSR count). The van der Waals surface area contributed by atoms with Crippen LogP contribution in [0.2, 0.25) is 0 Å². The van der Waals surface area contributed by atoms with Crippen molar-refractivity contribution in [2.45, 2.75) is 322 Å². The minimum Gasteiger partial charge on any atom is -0.462 e. The maximum absolute atomic E-state index is 12.9. The van der Waals surface area contributed by atoms with E-state index in [1.165, 1.54) is 161 Å². The van der Waals surface area contributed by atoms with Gasteiger partial charge in [0.1, 0.15) is 13.2 Å². The van der Waals surface area contributed by atoms with E-state index in [4.69, 9.17) is 14.2 Å². The molecule has 0 spiro atoms. The minimum absolute atomic E-state index is 0.109. The molecule has 6 nitrogen and oxygen atoms in total. The normalized spacial score (nSPS) is 13.0. The Morgan fingerprint density at radius 2 is 0.494 bits per heavy atom. The lowest BCUT2D eigenvalue weighted by molar-refractivity contribution is -0.166. The number of allylic oxidation sites excluding steroid dienone is 22. The maximum Gasteiger partial charge on any atom is 0.306 e. The van der Waals surface area contributed by atoms with Crippen molar-refractivity contribution in [2.75, 3.05) is 13.2 Å². The summed E-state index contributed by atoms with van der Waals surface area (Å²) in [5.41, 5.74) is 0. The van der Waals surface area contributed by atoms with Gasteiger partial charge in [0.15, 0.2) is 6.10 Å². The number of carbonyl (C=O) groups excluding carboxylic acids is 3. The molecule has 6 heteroatoms. The molecule has 0 aliphatic heterocycles. The average Bonchev–Trinajstić information content (AvgIpc) is 3.50. The van der Waals surface area contributed by atoms with Crippen LogP contribution in [0, 0.1) is 0 Å². The van der Waals surface area contributed by atoms with Gasteiger partial charge in [-0.15, -0.1) is 0 Å². The molecule has 1 unspecified atom stereocenters. The van der Waals surface area contributed by atoms with Crippen molar-refractivity contribution in [1.82, 2.24) is 0 Å². The Bertz CT molecular complexity index is 1750. The van der Waals surface area contributed by atoms with E-state index in [0.717, 1.165) is 109 Å². The van der Waals surface area contributed by atoms with E-state index < -0.39 is 12.1 Å². The Kier molecular flexibility index (Phi) is 66.3. The molecule has 0 aliphatic rings. The van der Waals surface area contributed by atoms with Gasteiger partial charge in [-0.2, -0.15) is 0 Å². The van der Waals surface area contributed by atoms with E-state index in [9.17, 15) is 14.4 Å². The Morgan fingerprint density at radius 1 is 0.253 bits per heavy atom. The van der Waals surface area contributed by atoms with Crippen LogP contribution in [0.1, 0.15) is 316 Å². The van der Waals surface area contributed by atoms with E-state index in [1.54, 1.807) is 0 Å². The third-order valence-corrected chi connectivity index (χ3v) is 14.7. The highest BCUT2D eigenvalue weighted by atomic mass is 16.6. The second-order valence-corrected chi connectivity index (χ2v) is 22.7. The number of ether oxygens (including phenoxy) is 3. The first-order valence-electron chi connectivity index (χ1n) is 34.7. The fourth-order valence-corrected chi connectivity index (χ4v) is 9.56. The summed E-state index contributed by atoms with van der Waals surface area (Å²) < 4.78 is 16.9. The van der Waals surface area contributed by atoms with Crippen LogP contribution in [0.25, 0.3) is 0 Å². The molecule has 83 heavy (non-hydrogen) atoms. The molecule has 1 atom stereocenters. The zero-order valence-corrected chi connectivity index (χ0v) is 54.2. The summed E-state index contributed by atoms with van der Waals surface area (Å²) >= 11 is 0. The van der Waals surface area contributed by atoms with Crippen LogP contribution in [0.4, 0.5) is 0 Å². The standard InChI is InChI=1S/C77H128O6/c1-4-7-10-13-16-19-22-25-28-31-34-35-36-37-38-39-40-41-44-46-49-52-55-58-61-64-67-70-76(79)82-73-74(83-77(80)71-68-65-62-59-56-53-50-47-43-33-30-27-24-21-18-15-12-9-6-3)72-81-75(78)69-66-63-60-57-54-51-48-45-42-32-29-26-23-20-17-14-11-8-5-2/h7,9-10,12,16,18-19,21,25,27-28,30,34-35,37-38,43,47,53,56,62,65,74H,4-6,8,11,13-15,17,20,22-24,26,29,31-33,36,39-42,44-46,48-52,54-55,57-61,63-64,66-73H2,1-3H3/b10-7-,12-9-,19-16-,21-18-,28-25-,30-27-,35-34-,38-37-,47-43-,56-53-,65-62-. The Morgan fingerprint density at radius 3 is 0.783 bits per heavy atom. The van der Waals surface area contributed by atoms with Gasteiger partial charge in [-0.25, -0.2) is 0 Å². The lowest BCUT2D eigenvalue weighted by Crippen LogP contribution is -2.30. The van der Waals surface area contributed by atoms with Gasteiger partial charge in [0, 0.05) is 19.3 Å². The molecule has 0 saturated heterocycles. The summed E-state index contributed by atoms with van der Waals surface area (Å²) in [6.07, 6.45) is 99.1. The Labute approximate surface area is 513 Å². The number of rotatable bonds is 62. The molecule has 0 heterocycles. The molecular formula is C77H128O6. The summed E-state index contributed by atoms with van der Waals surface area (Å²) in [7, 11) is 0. The highest BCUT2D eigenvalue weighted by molar-refractivity contribution is 5.71. The Balaban J connectivity index is 4.43. The van der Waals surface area contributed by atoms with Crippen molar-refractivity contribution in [3.63, 3.8) is 0 Å².